The monoisotopic (exact) mass is 282 g/mol. The van der Waals surface area contributed by atoms with Gasteiger partial charge in [-0.2, -0.15) is 0 Å². The standard InChI is InChI=1S/C15H20F2N2O/c1-3-18-14-12(16)8-11(9-13(14)17)15(20)19-7-5-4-6-10(19)2/h8-10,18H,3-7H2,1-2H3. The average Bonchev–Trinajstić information content (AvgIpc) is 2.42. The van der Waals surface area contributed by atoms with Crippen molar-refractivity contribution in [2.75, 3.05) is 18.4 Å². The van der Waals surface area contributed by atoms with Crippen LogP contribution in [0.25, 0.3) is 0 Å². The third kappa shape index (κ3) is 2.92. The first-order chi connectivity index (χ1) is 9.54. The van der Waals surface area contributed by atoms with Gasteiger partial charge in [-0.15, -0.1) is 0 Å². The summed E-state index contributed by atoms with van der Waals surface area (Å²) in [6.45, 7) is 4.80. The van der Waals surface area contributed by atoms with Crippen molar-refractivity contribution < 1.29 is 13.6 Å². The number of nitrogens with one attached hydrogen (secondary N) is 1. The molecule has 0 spiro atoms. The quantitative estimate of drug-likeness (QED) is 0.921. The average molecular weight is 282 g/mol. The SMILES string of the molecule is CCNc1c(F)cc(C(=O)N2CCCCC2C)cc1F. The fraction of sp³-hybridized carbons (Fsp3) is 0.533. The third-order valence-corrected chi connectivity index (χ3v) is 3.71. The molecule has 1 saturated heterocycles. The Labute approximate surface area is 118 Å². The minimum Gasteiger partial charge on any atom is -0.381 e. The Hall–Kier alpha value is -1.65. The van der Waals surface area contributed by atoms with E-state index in [2.05, 4.69) is 5.32 Å². The number of piperidine rings is 1. The van der Waals surface area contributed by atoms with E-state index in [4.69, 9.17) is 0 Å². The Bertz CT molecular complexity index is 482. The summed E-state index contributed by atoms with van der Waals surface area (Å²) in [5, 5.41) is 2.62. The summed E-state index contributed by atoms with van der Waals surface area (Å²) >= 11 is 0. The summed E-state index contributed by atoms with van der Waals surface area (Å²) in [5.74, 6) is -1.74. The number of likely N-dealkylation sites (tertiary alicyclic amines) is 1. The lowest BCUT2D eigenvalue weighted by Crippen LogP contribution is -2.42. The van der Waals surface area contributed by atoms with Gasteiger partial charge in [0, 0.05) is 24.7 Å². The van der Waals surface area contributed by atoms with Gasteiger partial charge in [0.2, 0.25) is 0 Å². The lowest BCUT2D eigenvalue weighted by molar-refractivity contribution is 0.0634. The van der Waals surface area contributed by atoms with Gasteiger partial charge in [-0.1, -0.05) is 0 Å². The number of amides is 1. The van der Waals surface area contributed by atoms with Crippen molar-refractivity contribution in [2.24, 2.45) is 0 Å². The van der Waals surface area contributed by atoms with Crippen molar-refractivity contribution in [1.82, 2.24) is 4.90 Å². The number of nitrogens with zero attached hydrogens (tertiary/aromatic N) is 1. The molecule has 1 atom stereocenters. The van der Waals surface area contributed by atoms with Crippen LogP contribution in [0.4, 0.5) is 14.5 Å². The minimum absolute atomic E-state index is 0.0791. The van der Waals surface area contributed by atoms with Gasteiger partial charge in [0.25, 0.3) is 5.91 Å². The lowest BCUT2D eigenvalue weighted by atomic mass is 10.0. The van der Waals surface area contributed by atoms with Gasteiger partial charge < -0.3 is 10.2 Å². The number of halogens is 2. The van der Waals surface area contributed by atoms with Crippen molar-refractivity contribution in [3.05, 3.63) is 29.3 Å². The smallest absolute Gasteiger partial charge is 0.254 e. The van der Waals surface area contributed by atoms with Gasteiger partial charge in [0.15, 0.2) is 0 Å². The topological polar surface area (TPSA) is 32.3 Å². The summed E-state index contributed by atoms with van der Waals surface area (Å²) < 4.78 is 27.7. The zero-order valence-corrected chi connectivity index (χ0v) is 11.9. The molecular formula is C15H20F2N2O. The Kier molecular flexibility index (Phi) is 4.57. The first-order valence-corrected chi connectivity index (χ1v) is 7.08. The third-order valence-electron chi connectivity index (χ3n) is 3.71. The summed E-state index contributed by atoms with van der Waals surface area (Å²) in [6.07, 6.45) is 2.97. The van der Waals surface area contributed by atoms with Crippen LogP contribution in [0, 0.1) is 11.6 Å². The van der Waals surface area contributed by atoms with E-state index in [9.17, 15) is 13.6 Å². The van der Waals surface area contributed by atoms with Crippen molar-refractivity contribution in [2.45, 2.75) is 39.2 Å². The maximum Gasteiger partial charge on any atom is 0.254 e. The van der Waals surface area contributed by atoms with Crippen LogP contribution in [0.5, 0.6) is 0 Å². The summed E-state index contributed by atoms with van der Waals surface area (Å²) in [7, 11) is 0. The van der Waals surface area contributed by atoms with Crippen LogP contribution in [-0.4, -0.2) is 29.9 Å². The van der Waals surface area contributed by atoms with Crippen LogP contribution in [0.2, 0.25) is 0 Å². The van der Waals surface area contributed by atoms with Crippen LogP contribution in [-0.2, 0) is 0 Å². The number of benzene rings is 1. The van der Waals surface area contributed by atoms with E-state index in [1.165, 1.54) is 0 Å². The molecule has 1 N–H and O–H groups in total. The van der Waals surface area contributed by atoms with E-state index >= 15 is 0 Å². The van der Waals surface area contributed by atoms with E-state index in [-0.39, 0.29) is 23.2 Å². The molecule has 1 heterocycles. The molecule has 5 heteroatoms. The van der Waals surface area contributed by atoms with Gasteiger partial charge >= 0.3 is 0 Å². The number of carbonyl (C=O) groups is 1. The van der Waals surface area contributed by atoms with Gasteiger partial charge in [-0.3, -0.25) is 4.79 Å². The summed E-state index contributed by atoms with van der Waals surface area (Å²) in [6, 6.07) is 2.35. The largest absolute Gasteiger partial charge is 0.381 e. The van der Waals surface area contributed by atoms with Gasteiger partial charge in [0.1, 0.15) is 17.3 Å². The van der Waals surface area contributed by atoms with Crippen LogP contribution in [0.3, 0.4) is 0 Å². The maximum absolute atomic E-state index is 13.8. The van der Waals surface area contributed by atoms with E-state index < -0.39 is 11.6 Å². The summed E-state index contributed by atoms with van der Waals surface area (Å²) in [5.41, 5.74) is -0.0915. The fourth-order valence-corrected chi connectivity index (χ4v) is 2.61. The second kappa shape index (κ2) is 6.20. The molecule has 1 unspecified atom stereocenters. The van der Waals surface area contributed by atoms with Crippen molar-refractivity contribution in [1.29, 1.82) is 0 Å². The molecule has 2 rings (SSSR count). The first-order valence-electron chi connectivity index (χ1n) is 7.08. The second-order valence-electron chi connectivity index (χ2n) is 5.19. The zero-order valence-electron chi connectivity index (χ0n) is 11.9. The molecule has 0 radical (unpaired) electrons. The minimum atomic E-state index is -0.722. The Balaban J connectivity index is 2.26. The summed E-state index contributed by atoms with van der Waals surface area (Å²) in [4.78, 5) is 14.1. The van der Waals surface area contributed by atoms with Crippen molar-refractivity contribution >= 4 is 11.6 Å². The fourth-order valence-electron chi connectivity index (χ4n) is 2.61. The van der Waals surface area contributed by atoms with Crippen molar-refractivity contribution in [3.63, 3.8) is 0 Å². The molecule has 1 aromatic carbocycles. The van der Waals surface area contributed by atoms with E-state index in [0.29, 0.717) is 13.1 Å². The predicted octanol–water partition coefficient (Wildman–Crippen LogP) is 3.41. The first kappa shape index (κ1) is 14.8. The van der Waals surface area contributed by atoms with E-state index in [0.717, 1.165) is 31.4 Å². The zero-order chi connectivity index (χ0) is 14.7. The van der Waals surface area contributed by atoms with Crippen LogP contribution < -0.4 is 5.32 Å². The highest BCUT2D eigenvalue weighted by atomic mass is 19.1. The molecule has 0 aromatic heterocycles. The molecule has 0 bridgehead atoms. The molecule has 3 nitrogen and oxygen atoms in total. The molecule has 1 aliphatic heterocycles. The molecule has 1 fully saturated rings. The number of hydrogen-bond acceptors (Lipinski definition) is 2. The van der Waals surface area contributed by atoms with Crippen molar-refractivity contribution in [3.8, 4) is 0 Å². The second-order valence-corrected chi connectivity index (χ2v) is 5.19. The van der Waals surface area contributed by atoms with E-state index in [1.807, 2.05) is 6.92 Å². The number of carbonyl (C=O) groups excluding carboxylic acids is 1. The van der Waals surface area contributed by atoms with Crippen LogP contribution in [0.15, 0.2) is 12.1 Å². The molecule has 0 saturated carbocycles. The molecule has 1 aromatic rings. The molecule has 110 valence electrons. The molecule has 1 aliphatic rings. The Morgan fingerprint density at radius 2 is 2.00 bits per heavy atom. The molecule has 1 amide bonds. The van der Waals surface area contributed by atoms with Gasteiger partial charge in [-0.05, 0) is 45.2 Å². The normalized spacial score (nSPS) is 19.0. The lowest BCUT2D eigenvalue weighted by Gasteiger charge is -2.33. The molecule has 0 aliphatic carbocycles. The molecular weight excluding hydrogens is 262 g/mol. The van der Waals surface area contributed by atoms with E-state index in [1.54, 1.807) is 11.8 Å². The highest BCUT2D eigenvalue weighted by molar-refractivity contribution is 5.95. The highest BCUT2D eigenvalue weighted by Crippen LogP contribution is 2.24. The number of anilines is 1. The van der Waals surface area contributed by atoms with Gasteiger partial charge in [-0.25, -0.2) is 8.78 Å². The number of hydrogen-bond donors (Lipinski definition) is 1. The highest BCUT2D eigenvalue weighted by Gasteiger charge is 2.25. The predicted molar refractivity (Wildman–Crippen MR) is 74.9 cm³/mol. The van der Waals surface area contributed by atoms with Crippen LogP contribution >= 0.6 is 0 Å². The Morgan fingerprint density at radius 1 is 1.35 bits per heavy atom. The number of rotatable bonds is 3. The molecule has 20 heavy (non-hydrogen) atoms. The van der Waals surface area contributed by atoms with Crippen LogP contribution in [0.1, 0.15) is 43.5 Å². The van der Waals surface area contributed by atoms with Gasteiger partial charge in [0.05, 0.1) is 0 Å². The Morgan fingerprint density at radius 3 is 2.55 bits per heavy atom. The maximum atomic E-state index is 13.8.